The number of rotatable bonds is 10. The first-order chi connectivity index (χ1) is 19.4. The molecule has 1 saturated heterocycles. The van der Waals surface area contributed by atoms with Crippen molar-refractivity contribution in [2.75, 3.05) is 51.9 Å². The Kier molecular flexibility index (Phi) is 8.94. The van der Waals surface area contributed by atoms with E-state index in [9.17, 15) is 14.7 Å². The average molecular weight is 567 g/mol. The van der Waals surface area contributed by atoms with E-state index in [1.165, 1.54) is 0 Å². The Labute approximate surface area is 242 Å². The van der Waals surface area contributed by atoms with E-state index in [4.69, 9.17) is 19.6 Å². The lowest BCUT2D eigenvalue weighted by atomic mass is 9.84. The van der Waals surface area contributed by atoms with Crippen LogP contribution in [-0.2, 0) is 16.7 Å². The molecule has 4 rings (SSSR count). The highest BCUT2D eigenvalue weighted by atomic mass is 16.5. The van der Waals surface area contributed by atoms with Crippen LogP contribution in [0.3, 0.4) is 0 Å². The highest BCUT2D eigenvalue weighted by molar-refractivity contribution is 6.08. The van der Waals surface area contributed by atoms with Gasteiger partial charge in [0.1, 0.15) is 23.4 Å². The van der Waals surface area contributed by atoms with Crippen LogP contribution in [0.4, 0.5) is 5.69 Å². The van der Waals surface area contributed by atoms with E-state index in [-0.39, 0.29) is 35.6 Å². The molecule has 2 aliphatic heterocycles. The van der Waals surface area contributed by atoms with E-state index >= 15 is 0 Å². The zero-order valence-electron chi connectivity index (χ0n) is 25.1. The van der Waals surface area contributed by atoms with Gasteiger partial charge < -0.3 is 34.4 Å². The molecule has 0 aliphatic carbocycles. The summed E-state index contributed by atoms with van der Waals surface area (Å²) >= 11 is 0. The molecule has 0 spiro atoms. The standard InChI is InChI=1S/C31H42N4O6/c1-8-40-26-12-19-14-35(29(32)20(19)13-21(26)30(38)33-6)15-24(36)18-10-22(31(3,4)5)28(39-7)23(11-18)34-16-25(37)27(17-34)41-9-2/h10-13,25,27,32,37H,8-9,14-17H2,1-7H3,(H,33,38)/t25-,27-/m0/s1. The highest BCUT2D eigenvalue weighted by Crippen LogP contribution is 2.42. The van der Waals surface area contributed by atoms with Gasteiger partial charge >= 0.3 is 0 Å². The number of fused-ring (bicyclic) bond motifs is 1. The number of ketones is 1. The number of Topliss-reactive ketones (excluding diaryl/α,β-unsaturated/α-hetero) is 1. The second kappa shape index (κ2) is 12.1. The molecule has 10 nitrogen and oxygen atoms in total. The molecule has 1 amide bonds. The fraction of sp³-hybridized carbons (Fsp3) is 0.516. The number of carbonyl (C=O) groups is 2. The molecule has 10 heteroatoms. The summed E-state index contributed by atoms with van der Waals surface area (Å²) in [5.41, 5.74) is 3.60. The van der Waals surface area contributed by atoms with Gasteiger partial charge in [-0.1, -0.05) is 20.8 Å². The number of ether oxygens (including phenoxy) is 3. The molecule has 0 saturated carbocycles. The summed E-state index contributed by atoms with van der Waals surface area (Å²) in [7, 11) is 3.17. The van der Waals surface area contributed by atoms with Crippen LogP contribution in [0.2, 0.25) is 0 Å². The van der Waals surface area contributed by atoms with E-state index in [1.807, 2.05) is 30.9 Å². The number of methoxy groups -OCH3 is 1. The summed E-state index contributed by atoms with van der Waals surface area (Å²) in [5, 5.41) is 22.0. The van der Waals surface area contributed by atoms with E-state index in [0.29, 0.717) is 61.0 Å². The normalized spacial score (nSPS) is 18.5. The molecule has 2 aromatic carbocycles. The summed E-state index contributed by atoms with van der Waals surface area (Å²) < 4.78 is 17.3. The van der Waals surface area contributed by atoms with E-state index in [1.54, 1.807) is 31.2 Å². The van der Waals surface area contributed by atoms with Gasteiger partial charge in [-0.05, 0) is 49.1 Å². The smallest absolute Gasteiger partial charge is 0.254 e. The fourth-order valence-electron chi connectivity index (χ4n) is 5.53. The molecule has 41 heavy (non-hydrogen) atoms. The minimum atomic E-state index is -0.651. The highest BCUT2D eigenvalue weighted by Gasteiger charge is 2.36. The summed E-state index contributed by atoms with van der Waals surface area (Å²) in [5.74, 6) is 0.880. The number of anilines is 1. The molecular weight excluding hydrogens is 524 g/mol. The molecule has 0 bridgehead atoms. The predicted molar refractivity (Wildman–Crippen MR) is 158 cm³/mol. The van der Waals surface area contributed by atoms with Crippen molar-refractivity contribution in [2.45, 2.75) is 58.8 Å². The van der Waals surface area contributed by atoms with Crippen LogP contribution < -0.4 is 19.7 Å². The maximum Gasteiger partial charge on any atom is 0.254 e. The molecule has 2 heterocycles. The van der Waals surface area contributed by atoms with Gasteiger partial charge in [0.25, 0.3) is 5.91 Å². The fourth-order valence-corrected chi connectivity index (χ4v) is 5.53. The molecule has 0 aromatic heterocycles. The van der Waals surface area contributed by atoms with E-state index in [2.05, 4.69) is 26.1 Å². The molecule has 2 aliphatic rings. The summed E-state index contributed by atoms with van der Waals surface area (Å²) in [6, 6.07) is 7.16. The van der Waals surface area contributed by atoms with Crippen LogP contribution in [0.1, 0.15) is 72.0 Å². The van der Waals surface area contributed by atoms with Crippen LogP contribution >= 0.6 is 0 Å². The van der Waals surface area contributed by atoms with Gasteiger partial charge in [0.05, 0.1) is 37.6 Å². The second-order valence-corrected chi connectivity index (χ2v) is 11.4. The molecule has 1 fully saturated rings. The van der Waals surface area contributed by atoms with Crippen molar-refractivity contribution >= 4 is 23.2 Å². The zero-order chi connectivity index (χ0) is 30.1. The molecule has 222 valence electrons. The number of hydrogen-bond donors (Lipinski definition) is 3. The van der Waals surface area contributed by atoms with Crippen molar-refractivity contribution < 1.29 is 28.9 Å². The van der Waals surface area contributed by atoms with Crippen molar-refractivity contribution in [1.29, 1.82) is 5.41 Å². The monoisotopic (exact) mass is 566 g/mol. The number of aliphatic hydroxyl groups excluding tert-OH is 1. The Morgan fingerprint density at radius 2 is 1.85 bits per heavy atom. The largest absolute Gasteiger partial charge is 0.494 e. The SMILES string of the molecule is CCOc1cc2c(cc1C(=O)NC)C(=N)N(CC(=O)c1cc(N3C[C@H](OCC)[C@@H](O)C3)c(OC)c(C(C)(C)C)c1)C2. The first-order valence-corrected chi connectivity index (χ1v) is 14.1. The Bertz CT molecular complexity index is 1330. The van der Waals surface area contributed by atoms with Crippen LogP contribution in [-0.4, -0.2) is 86.7 Å². The maximum atomic E-state index is 13.8. The second-order valence-electron chi connectivity index (χ2n) is 11.4. The van der Waals surface area contributed by atoms with Crippen molar-refractivity contribution in [3.05, 3.63) is 52.1 Å². The number of amides is 1. The number of hydrogen-bond acceptors (Lipinski definition) is 8. The Morgan fingerprint density at radius 3 is 2.46 bits per heavy atom. The quantitative estimate of drug-likeness (QED) is 0.374. The molecular formula is C31H42N4O6. The van der Waals surface area contributed by atoms with Gasteiger partial charge in [-0.25, -0.2) is 0 Å². The first-order valence-electron chi connectivity index (χ1n) is 14.1. The Morgan fingerprint density at radius 1 is 1.12 bits per heavy atom. The van der Waals surface area contributed by atoms with Crippen LogP contribution in [0.25, 0.3) is 0 Å². The molecule has 0 unspecified atom stereocenters. The first kappa shape index (κ1) is 30.3. The lowest BCUT2D eigenvalue weighted by Crippen LogP contribution is -2.31. The zero-order valence-corrected chi connectivity index (χ0v) is 25.1. The molecule has 3 N–H and O–H groups in total. The van der Waals surface area contributed by atoms with Crippen molar-refractivity contribution in [1.82, 2.24) is 10.2 Å². The number of amidine groups is 1. The van der Waals surface area contributed by atoms with Gasteiger partial charge in [-0.3, -0.25) is 15.0 Å². The van der Waals surface area contributed by atoms with Crippen LogP contribution in [0, 0.1) is 5.41 Å². The van der Waals surface area contributed by atoms with Crippen molar-refractivity contribution in [3.8, 4) is 11.5 Å². The molecule has 2 aromatic rings. The number of carbonyl (C=O) groups excluding carboxylic acids is 2. The summed E-state index contributed by atoms with van der Waals surface area (Å²) in [4.78, 5) is 30.0. The lowest BCUT2D eigenvalue weighted by Gasteiger charge is -2.29. The van der Waals surface area contributed by atoms with Crippen LogP contribution in [0.5, 0.6) is 11.5 Å². The van der Waals surface area contributed by atoms with E-state index < -0.39 is 6.10 Å². The Hall–Kier alpha value is -3.63. The summed E-state index contributed by atoms with van der Waals surface area (Å²) in [6.07, 6.45) is -0.978. The number of β-amino-alcohol motifs (C(OH)–C–C–N with tert-alkyl or cyclic N) is 1. The van der Waals surface area contributed by atoms with Crippen molar-refractivity contribution in [2.24, 2.45) is 0 Å². The van der Waals surface area contributed by atoms with Crippen LogP contribution in [0.15, 0.2) is 24.3 Å². The van der Waals surface area contributed by atoms with Gasteiger partial charge in [0.15, 0.2) is 5.78 Å². The van der Waals surface area contributed by atoms with Gasteiger partial charge in [0, 0.05) is 50.0 Å². The third-order valence-electron chi connectivity index (χ3n) is 7.61. The van der Waals surface area contributed by atoms with Crippen molar-refractivity contribution in [3.63, 3.8) is 0 Å². The number of benzene rings is 2. The topological polar surface area (TPSA) is 124 Å². The van der Waals surface area contributed by atoms with Gasteiger partial charge in [-0.15, -0.1) is 0 Å². The lowest BCUT2D eigenvalue weighted by molar-refractivity contribution is -0.00189. The Balaban J connectivity index is 1.66. The maximum absolute atomic E-state index is 13.8. The van der Waals surface area contributed by atoms with Gasteiger partial charge in [-0.2, -0.15) is 0 Å². The minimum absolute atomic E-state index is 0.00760. The number of nitrogens with one attached hydrogen (secondary N) is 2. The molecule has 0 radical (unpaired) electrons. The molecule has 2 atom stereocenters. The number of aliphatic hydroxyl groups is 1. The minimum Gasteiger partial charge on any atom is -0.494 e. The third-order valence-corrected chi connectivity index (χ3v) is 7.61. The van der Waals surface area contributed by atoms with E-state index in [0.717, 1.165) is 16.8 Å². The average Bonchev–Trinajstić information content (AvgIpc) is 3.45. The predicted octanol–water partition coefficient (Wildman–Crippen LogP) is 3.36. The van der Waals surface area contributed by atoms with Gasteiger partial charge in [0.2, 0.25) is 0 Å². The number of nitrogens with zero attached hydrogens (tertiary/aromatic N) is 2. The summed E-state index contributed by atoms with van der Waals surface area (Å²) in [6.45, 7) is 12.0. The third kappa shape index (κ3) is 6.04.